The van der Waals surface area contributed by atoms with Crippen LogP contribution in [0.2, 0.25) is 0 Å². The van der Waals surface area contributed by atoms with Crippen molar-refractivity contribution in [2.45, 2.75) is 126 Å². The summed E-state index contributed by atoms with van der Waals surface area (Å²) in [5.74, 6) is -3.85. The maximum atomic E-state index is 14.8. The number of rotatable bonds is 14. The molecule has 3 aromatic carbocycles. The summed E-state index contributed by atoms with van der Waals surface area (Å²) in [6.07, 6.45) is 8.71. The van der Waals surface area contributed by atoms with Gasteiger partial charge in [-0.2, -0.15) is 0 Å². The summed E-state index contributed by atoms with van der Waals surface area (Å²) in [6, 6.07) is 18.8. The molecule has 70 heavy (non-hydrogen) atoms. The lowest BCUT2D eigenvalue weighted by atomic mass is 9.84. The van der Waals surface area contributed by atoms with Gasteiger partial charge in [0.15, 0.2) is 5.96 Å². The fourth-order valence-electron chi connectivity index (χ4n) is 9.89. The molecule has 11 N–H and O–H groups in total. The summed E-state index contributed by atoms with van der Waals surface area (Å²) < 4.78 is 0. The molecule has 7 amide bonds. The minimum Gasteiger partial charge on any atom is -0.370 e. The predicted molar refractivity (Wildman–Crippen MR) is 265 cm³/mol. The Bertz CT molecular complexity index is 2460. The Hall–Kier alpha value is -7.24. The number of aromatic amines is 1. The van der Waals surface area contributed by atoms with Crippen molar-refractivity contribution in [3.05, 3.63) is 108 Å². The van der Waals surface area contributed by atoms with Crippen LogP contribution in [-0.2, 0) is 41.6 Å². The van der Waals surface area contributed by atoms with Crippen molar-refractivity contribution < 1.29 is 33.6 Å². The van der Waals surface area contributed by atoms with Crippen LogP contribution in [0.15, 0.2) is 91.1 Å². The Morgan fingerprint density at radius 3 is 2.19 bits per heavy atom. The second-order valence-corrected chi connectivity index (χ2v) is 18.7. The first-order valence-corrected chi connectivity index (χ1v) is 24.8. The smallest absolute Gasteiger partial charge is 0.251 e. The van der Waals surface area contributed by atoms with Gasteiger partial charge in [-0.05, 0) is 80.2 Å². The molecule has 6 atom stereocenters. The number of carbonyl (C=O) groups is 7. The number of hydrogen-bond acceptors (Lipinski definition) is 8. The van der Waals surface area contributed by atoms with Crippen molar-refractivity contribution in [2.24, 2.45) is 11.7 Å². The zero-order valence-electron chi connectivity index (χ0n) is 39.6. The Labute approximate surface area is 408 Å². The molecule has 372 valence electrons. The first kappa shape index (κ1) is 50.6. The first-order valence-electron chi connectivity index (χ1n) is 24.8. The molecule has 3 fully saturated rings. The molecule has 2 aliphatic heterocycles. The molecular formula is C52H67N11O7. The van der Waals surface area contributed by atoms with E-state index in [2.05, 4.69) is 42.2 Å². The summed E-state index contributed by atoms with van der Waals surface area (Å²) in [5.41, 5.74) is 8.27. The van der Waals surface area contributed by atoms with Crippen LogP contribution in [0.4, 0.5) is 0 Å². The van der Waals surface area contributed by atoms with Gasteiger partial charge in [-0.15, -0.1) is 0 Å². The number of amides is 7. The number of hydrogen-bond donors (Lipinski definition) is 10. The fourth-order valence-corrected chi connectivity index (χ4v) is 9.89. The van der Waals surface area contributed by atoms with Crippen LogP contribution in [0, 0.1) is 11.3 Å². The average Bonchev–Trinajstić information content (AvgIpc) is 4.03. The van der Waals surface area contributed by atoms with Gasteiger partial charge in [-0.25, -0.2) is 0 Å². The van der Waals surface area contributed by atoms with E-state index in [1.165, 1.54) is 4.90 Å². The standard InChI is InChI=1S/C52H67N11O7/c53-52(54)56-27-12-23-39-46(65)55-26-13-24-40(59-47(66)41(29-33-15-4-1-5-16-33)60-45(64)35-19-8-3-9-20-35)51(70)63-28-14-25-44(63)50(69)62-42(30-34-17-6-2-7-18-34)48(67)61-43(49(68)58-39)31-36-32-57-38-22-11-10-21-37(36)38/h1,3-5,8-11,15-16,19-22,32,34,39-44,57H,2,6-7,12-14,17-18,23-31H2,(H,55,65)(H,58,68)(H,59,66)(H,60,64)(H,61,67)(H,62,69)(H4,53,54,56)/t39-,40-,41-,42+,43-,44-/m0/s1. The highest BCUT2D eigenvalue weighted by Gasteiger charge is 2.41. The summed E-state index contributed by atoms with van der Waals surface area (Å²) in [7, 11) is 0. The van der Waals surface area contributed by atoms with Gasteiger partial charge in [0.1, 0.15) is 36.3 Å². The molecule has 0 radical (unpaired) electrons. The third-order valence-corrected chi connectivity index (χ3v) is 13.6. The third kappa shape index (κ3) is 13.9. The number of fused-ring (bicyclic) bond motifs is 2. The van der Waals surface area contributed by atoms with Crippen molar-refractivity contribution in [3.8, 4) is 0 Å². The highest BCUT2D eigenvalue weighted by Crippen LogP contribution is 2.28. The molecule has 1 saturated carbocycles. The highest BCUT2D eigenvalue weighted by atomic mass is 16.2. The molecule has 2 saturated heterocycles. The largest absolute Gasteiger partial charge is 0.370 e. The van der Waals surface area contributed by atoms with Crippen molar-refractivity contribution in [3.63, 3.8) is 0 Å². The molecule has 1 aromatic heterocycles. The van der Waals surface area contributed by atoms with Crippen LogP contribution >= 0.6 is 0 Å². The van der Waals surface area contributed by atoms with Crippen molar-refractivity contribution in [2.75, 3.05) is 19.6 Å². The molecule has 0 spiro atoms. The minimum absolute atomic E-state index is 0.0526. The van der Waals surface area contributed by atoms with Gasteiger partial charge in [0.05, 0.1) is 0 Å². The number of H-pyrrole nitrogens is 1. The summed E-state index contributed by atoms with van der Waals surface area (Å²) in [6.45, 7) is 0.535. The second-order valence-electron chi connectivity index (χ2n) is 18.7. The van der Waals surface area contributed by atoms with E-state index in [1.54, 1.807) is 36.5 Å². The SMILES string of the molecule is N=C(N)NCCC[C@@H]1NC(=O)[C@H](Cc2c[nH]c3ccccc23)NC(=O)[C@@H](CC2CCCCC2)NC(=O)[C@@H]2CCCN2C(=O)[C@@H](NC(=O)[C@H](Cc2ccccc2)NC(=O)c2ccccc2)CCCNC1=O. The van der Waals surface area contributed by atoms with Crippen LogP contribution < -0.4 is 43.0 Å². The van der Waals surface area contributed by atoms with E-state index < -0.39 is 77.6 Å². The van der Waals surface area contributed by atoms with Gasteiger partial charge < -0.3 is 52.8 Å². The molecule has 0 unspecified atom stereocenters. The van der Waals surface area contributed by atoms with Crippen LogP contribution in [0.1, 0.15) is 98.5 Å². The molecule has 18 nitrogen and oxygen atoms in total. The van der Waals surface area contributed by atoms with E-state index in [1.807, 2.05) is 54.6 Å². The van der Waals surface area contributed by atoms with Gasteiger partial charge in [0, 0.05) is 55.1 Å². The number of aromatic nitrogens is 1. The van der Waals surface area contributed by atoms with Gasteiger partial charge in [0.2, 0.25) is 35.4 Å². The highest BCUT2D eigenvalue weighted by molar-refractivity contribution is 6.00. The van der Waals surface area contributed by atoms with E-state index in [0.717, 1.165) is 54.1 Å². The number of guanidine groups is 1. The van der Waals surface area contributed by atoms with E-state index in [9.17, 15) is 33.6 Å². The Kier molecular flexibility index (Phi) is 18.0. The molecule has 18 heteroatoms. The van der Waals surface area contributed by atoms with Crippen LogP contribution in [0.5, 0.6) is 0 Å². The zero-order chi connectivity index (χ0) is 49.4. The summed E-state index contributed by atoms with van der Waals surface area (Å²) >= 11 is 0. The number of carbonyl (C=O) groups excluding carboxylic acids is 7. The number of nitrogens with two attached hydrogens (primary N) is 1. The number of para-hydroxylation sites is 1. The van der Waals surface area contributed by atoms with E-state index in [4.69, 9.17) is 11.1 Å². The van der Waals surface area contributed by atoms with Crippen molar-refractivity contribution in [1.82, 2.24) is 47.1 Å². The van der Waals surface area contributed by atoms with Gasteiger partial charge >= 0.3 is 0 Å². The Morgan fingerprint density at radius 2 is 1.43 bits per heavy atom. The lowest BCUT2D eigenvalue weighted by molar-refractivity contribution is -0.142. The van der Waals surface area contributed by atoms with Crippen LogP contribution in [0.25, 0.3) is 10.9 Å². The quantitative estimate of drug-likeness (QED) is 0.0505. The van der Waals surface area contributed by atoms with Gasteiger partial charge in [-0.1, -0.05) is 98.8 Å². The van der Waals surface area contributed by atoms with E-state index in [0.29, 0.717) is 31.2 Å². The fraction of sp³-hybridized carbons (Fsp3) is 0.462. The van der Waals surface area contributed by atoms with Crippen LogP contribution in [0.3, 0.4) is 0 Å². The van der Waals surface area contributed by atoms with Crippen LogP contribution in [-0.4, -0.2) is 113 Å². The normalized spacial score (nSPS) is 22.5. The first-order chi connectivity index (χ1) is 33.9. The lowest BCUT2D eigenvalue weighted by Gasteiger charge is -2.32. The van der Waals surface area contributed by atoms with E-state index >= 15 is 0 Å². The van der Waals surface area contributed by atoms with Crippen molar-refractivity contribution in [1.29, 1.82) is 5.41 Å². The monoisotopic (exact) mass is 958 g/mol. The maximum Gasteiger partial charge on any atom is 0.251 e. The lowest BCUT2D eigenvalue weighted by Crippen LogP contribution is -2.60. The molecule has 3 aliphatic rings. The van der Waals surface area contributed by atoms with Crippen molar-refractivity contribution >= 4 is 58.2 Å². The predicted octanol–water partition coefficient (Wildman–Crippen LogP) is 2.83. The molecule has 4 aromatic rings. The molecule has 0 bridgehead atoms. The third-order valence-electron chi connectivity index (χ3n) is 13.6. The number of benzene rings is 3. The summed E-state index contributed by atoms with van der Waals surface area (Å²) in [4.78, 5) is 105. The topological polar surface area (TPSA) is 273 Å². The average molecular weight is 958 g/mol. The molecule has 3 heterocycles. The molecular weight excluding hydrogens is 891 g/mol. The number of nitrogens with zero attached hydrogens (tertiary/aromatic N) is 1. The van der Waals surface area contributed by atoms with Gasteiger partial charge in [0.25, 0.3) is 5.91 Å². The Balaban J connectivity index is 1.18. The molecule has 1 aliphatic carbocycles. The van der Waals surface area contributed by atoms with E-state index in [-0.39, 0.29) is 63.6 Å². The minimum atomic E-state index is -1.16. The second kappa shape index (κ2) is 24.9. The Morgan fingerprint density at radius 1 is 0.743 bits per heavy atom. The van der Waals surface area contributed by atoms with Gasteiger partial charge in [-0.3, -0.25) is 39.0 Å². The zero-order valence-corrected chi connectivity index (χ0v) is 39.6. The summed E-state index contributed by atoms with van der Waals surface area (Å²) in [5, 5.41) is 28.8. The number of nitrogens with one attached hydrogen (secondary N) is 9. The maximum absolute atomic E-state index is 14.8. The molecule has 7 rings (SSSR count).